The standard InChI is InChI=1S/C16H28ClN3/c1-5-7-8-9-11-12(3)18-16-13(4)15(17)19-14(20-16)10-6-2/h12H,5-11H2,1-4H3,(H,18,19,20). The quantitative estimate of drug-likeness (QED) is 0.505. The van der Waals surface area contributed by atoms with Crippen molar-refractivity contribution in [3.63, 3.8) is 0 Å². The molecule has 0 aliphatic carbocycles. The van der Waals surface area contributed by atoms with Gasteiger partial charge in [-0.15, -0.1) is 0 Å². The van der Waals surface area contributed by atoms with Crippen LogP contribution in [0.3, 0.4) is 0 Å². The largest absolute Gasteiger partial charge is 0.367 e. The van der Waals surface area contributed by atoms with Crippen LogP contribution in [0.2, 0.25) is 5.15 Å². The summed E-state index contributed by atoms with van der Waals surface area (Å²) in [6.45, 7) is 8.55. The van der Waals surface area contributed by atoms with E-state index < -0.39 is 0 Å². The molecule has 0 saturated heterocycles. The van der Waals surface area contributed by atoms with Gasteiger partial charge in [-0.2, -0.15) is 0 Å². The van der Waals surface area contributed by atoms with Crippen LogP contribution in [0.25, 0.3) is 0 Å². The van der Waals surface area contributed by atoms with Gasteiger partial charge in [0.05, 0.1) is 0 Å². The maximum atomic E-state index is 6.19. The Hall–Kier alpha value is -0.830. The molecule has 0 radical (unpaired) electrons. The predicted octanol–water partition coefficient (Wildman–Crippen LogP) is 5.16. The molecule has 0 amide bonds. The van der Waals surface area contributed by atoms with Crippen molar-refractivity contribution in [3.05, 3.63) is 16.5 Å². The summed E-state index contributed by atoms with van der Waals surface area (Å²) in [7, 11) is 0. The minimum Gasteiger partial charge on any atom is -0.367 e. The summed E-state index contributed by atoms with van der Waals surface area (Å²) in [6.07, 6.45) is 8.26. The fourth-order valence-electron chi connectivity index (χ4n) is 2.19. The molecule has 1 aromatic heterocycles. The Bertz CT molecular complexity index is 407. The van der Waals surface area contributed by atoms with E-state index in [1.807, 2.05) is 6.92 Å². The lowest BCUT2D eigenvalue weighted by Gasteiger charge is -2.17. The van der Waals surface area contributed by atoms with E-state index in [9.17, 15) is 0 Å². The fraction of sp³-hybridized carbons (Fsp3) is 0.750. The molecule has 0 aromatic carbocycles. The van der Waals surface area contributed by atoms with Gasteiger partial charge < -0.3 is 5.32 Å². The molecule has 1 atom stereocenters. The summed E-state index contributed by atoms with van der Waals surface area (Å²) < 4.78 is 0. The highest BCUT2D eigenvalue weighted by Gasteiger charge is 2.11. The third-order valence-corrected chi connectivity index (χ3v) is 3.85. The van der Waals surface area contributed by atoms with E-state index in [4.69, 9.17) is 11.6 Å². The van der Waals surface area contributed by atoms with Crippen molar-refractivity contribution in [2.75, 3.05) is 5.32 Å². The van der Waals surface area contributed by atoms with E-state index in [2.05, 4.69) is 36.1 Å². The molecule has 0 bridgehead atoms. The van der Waals surface area contributed by atoms with Gasteiger partial charge in [0.1, 0.15) is 16.8 Å². The van der Waals surface area contributed by atoms with Crippen LogP contribution in [0.1, 0.15) is 70.7 Å². The van der Waals surface area contributed by atoms with Crippen LogP contribution in [0.15, 0.2) is 0 Å². The molecular formula is C16H28ClN3. The van der Waals surface area contributed by atoms with Crippen LogP contribution in [0.4, 0.5) is 5.82 Å². The number of hydrogen-bond donors (Lipinski definition) is 1. The molecule has 0 fully saturated rings. The molecule has 0 spiro atoms. The minimum absolute atomic E-state index is 0.422. The third-order valence-electron chi connectivity index (χ3n) is 3.48. The van der Waals surface area contributed by atoms with Crippen molar-refractivity contribution in [2.45, 2.75) is 78.7 Å². The highest BCUT2D eigenvalue weighted by Crippen LogP contribution is 2.22. The number of unbranched alkanes of at least 4 members (excludes halogenated alkanes) is 3. The molecule has 1 N–H and O–H groups in total. The van der Waals surface area contributed by atoms with Crippen molar-refractivity contribution >= 4 is 17.4 Å². The molecule has 20 heavy (non-hydrogen) atoms. The Labute approximate surface area is 128 Å². The zero-order valence-electron chi connectivity index (χ0n) is 13.3. The Morgan fingerprint density at radius 2 is 1.85 bits per heavy atom. The second kappa shape index (κ2) is 9.17. The van der Waals surface area contributed by atoms with Crippen molar-refractivity contribution in [3.8, 4) is 0 Å². The molecule has 4 heteroatoms. The summed E-state index contributed by atoms with van der Waals surface area (Å²) in [6, 6.07) is 0.422. The average Bonchev–Trinajstić information content (AvgIpc) is 2.41. The molecule has 0 aliphatic rings. The minimum atomic E-state index is 0.422. The second-order valence-corrected chi connectivity index (χ2v) is 5.91. The zero-order chi connectivity index (χ0) is 15.0. The average molecular weight is 298 g/mol. The Balaban J connectivity index is 2.61. The van der Waals surface area contributed by atoms with E-state index >= 15 is 0 Å². The SMILES string of the molecule is CCCCCCC(C)Nc1nc(CCC)nc(Cl)c1C. The van der Waals surface area contributed by atoms with Gasteiger partial charge in [-0.25, -0.2) is 9.97 Å². The molecule has 0 aliphatic heterocycles. The van der Waals surface area contributed by atoms with Gasteiger partial charge in [0.15, 0.2) is 0 Å². The molecule has 114 valence electrons. The maximum absolute atomic E-state index is 6.19. The first kappa shape index (κ1) is 17.2. The number of aryl methyl sites for hydroxylation is 1. The fourth-order valence-corrected chi connectivity index (χ4v) is 2.38. The number of rotatable bonds is 9. The van der Waals surface area contributed by atoms with Crippen molar-refractivity contribution in [1.29, 1.82) is 0 Å². The van der Waals surface area contributed by atoms with Gasteiger partial charge in [0.25, 0.3) is 0 Å². The topological polar surface area (TPSA) is 37.8 Å². The lowest BCUT2D eigenvalue weighted by atomic mass is 10.1. The van der Waals surface area contributed by atoms with Crippen LogP contribution >= 0.6 is 11.6 Å². The van der Waals surface area contributed by atoms with Crippen LogP contribution in [0.5, 0.6) is 0 Å². The summed E-state index contributed by atoms with van der Waals surface area (Å²) >= 11 is 6.19. The molecule has 0 saturated carbocycles. The highest BCUT2D eigenvalue weighted by atomic mass is 35.5. The summed E-state index contributed by atoms with van der Waals surface area (Å²) in [4.78, 5) is 8.93. The number of halogens is 1. The Morgan fingerprint density at radius 1 is 1.10 bits per heavy atom. The Morgan fingerprint density at radius 3 is 2.50 bits per heavy atom. The summed E-state index contributed by atoms with van der Waals surface area (Å²) in [5, 5.41) is 4.06. The summed E-state index contributed by atoms with van der Waals surface area (Å²) in [5.41, 5.74) is 0.951. The van der Waals surface area contributed by atoms with Gasteiger partial charge >= 0.3 is 0 Å². The highest BCUT2D eigenvalue weighted by molar-refractivity contribution is 6.30. The first-order valence-electron chi connectivity index (χ1n) is 7.88. The maximum Gasteiger partial charge on any atom is 0.137 e. The van der Waals surface area contributed by atoms with Crippen LogP contribution in [-0.4, -0.2) is 16.0 Å². The molecule has 1 rings (SSSR count). The van der Waals surface area contributed by atoms with Crippen molar-refractivity contribution in [2.24, 2.45) is 0 Å². The smallest absolute Gasteiger partial charge is 0.137 e. The zero-order valence-corrected chi connectivity index (χ0v) is 14.1. The van der Waals surface area contributed by atoms with E-state index in [0.717, 1.165) is 30.0 Å². The molecule has 3 nitrogen and oxygen atoms in total. The van der Waals surface area contributed by atoms with E-state index in [1.165, 1.54) is 32.1 Å². The first-order chi connectivity index (χ1) is 9.58. The molecule has 1 heterocycles. The van der Waals surface area contributed by atoms with Gasteiger partial charge in [-0.3, -0.25) is 0 Å². The Kier molecular flexibility index (Phi) is 7.90. The predicted molar refractivity (Wildman–Crippen MR) is 87.6 cm³/mol. The number of aromatic nitrogens is 2. The van der Waals surface area contributed by atoms with Crippen molar-refractivity contribution < 1.29 is 0 Å². The van der Waals surface area contributed by atoms with Gasteiger partial charge in [0, 0.05) is 18.0 Å². The van der Waals surface area contributed by atoms with Gasteiger partial charge in [-0.1, -0.05) is 51.1 Å². The number of hydrogen-bond acceptors (Lipinski definition) is 3. The van der Waals surface area contributed by atoms with Crippen molar-refractivity contribution in [1.82, 2.24) is 9.97 Å². The van der Waals surface area contributed by atoms with E-state index in [-0.39, 0.29) is 0 Å². The lowest BCUT2D eigenvalue weighted by molar-refractivity contribution is 0.592. The number of nitrogens with one attached hydrogen (secondary N) is 1. The van der Waals surface area contributed by atoms with Crippen LogP contribution in [0, 0.1) is 6.92 Å². The molecular weight excluding hydrogens is 270 g/mol. The van der Waals surface area contributed by atoms with E-state index in [0.29, 0.717) is 11.2 Å². The number of nitrogens with zero attached hydrogens (tertiary/aromatic N) is 2. The van der Waals surface area contributed by atoms with E-state index in [1.54, 1.807) is 0 Å². The first-order valence-corrected chi connectivity index (χ1v) is 8.25. The number of anilines is 1. The second-order valence-electron chi connectivity index (χ2n) is 5.55. The van der Waals surface area contributed by atoms with Gasteiger partial charge in [-0.05, 0) is 26.7 Å². The van der Waals surface area contributed by atoms with Gasteiger partial charge in [0.2, 0.25) is 0 Å². The molecule has 1 aromatic rings. The monoisotopic (exact) mass is 297 g/mol. The molecule has 1 unspecified atom stereocenters. The van der Waals surface area contributed by atoms with Crippen LogP contribution in [-0.2, 0) is 6.42 Å². The lowest BCUT2D eigenvalue weighted by Crippen LogP contribution is -2.18. The summed E-state index contributed by atoms with van der Waals surface area (Å²) in [5.74, 6) is 1.74. The normalized spacial score (nSPS) is 12.4. The van der Waals surface area contributed by atoms with Crippen LogP contribution < -0.4 is 5.32 Å². The third kappa shape index (κ3) is 5.66.